The molecule has 132 valence electrons. The lowest BCUT2D eigenvalue weighted by Crippen LogP contribution is -2.36. The number of nitrogens with one attached hydrogen (secondary N) is 2. The summed E-state index contributed by atoms with van der Waals surface area (Å²) in [6.45, 7) is 3.14. The van der Waals surface area contributed by atoms with Gasteiger partial charge in [-0.25, -0.2) is 13.2 Å². The Balaban J connectivity index is 1.81. The topological polar surface area (TPSA) is 78.5 Å². The molecular weight excluding hydrogens is 338 g/mol. The zero-order chi connectivity index (χ0) is 17.9. The molecule has 0 aliphatic carbocycles. The summed E-state index contributed by atoms with van der Waals surface area (Å²) in [6, 6.07) is 13.8. The maximum atomic E-state index is 12.8. The summed E-state index contributed by atoms with van der Waals surface area (Å²) in [4.78, 5) is 12.0. The van der Waals surface area contributed by atoms with Crippen LogP contribution in [-0.2, 0) is 23.0 Å². The largest absolute Gasteiger partial charge is 0.338 e. The lowest BCUT2D eigenvalue weighted by atomic mass is 10.0. The van der Waals surface area contributed by atoms with Crippen LogP contribution in [0.4, 0.5) is 10.5 Å². The third-order valence-corrected chi connectivity index (χ3v) is 6.02. The maximum Gasteiger partial charge on any atom is 0.319 e. The van der Waals surface area contributed by atoms with Crippen molar-refractivity contribution in [2.75, 3.05) is 18.4 Å². The highest BCUT2D eigenvalue weighted by atomic mass is 32.2. The van der Waals surface area contributed by atoms with Gasteiger partial charge in [-0.15, -0.1) is 0 Å². The molecule has 2 aromatic carbocycles. The Morgan fingerprint density at radius 3 is 2.60 bits per heavy atom. The lowest BCUT2D eigenvalue weighted by molar-refractivity contribution is 0.252. The molecule has 6 nitrogen and oxygen atoms in total. The molecular formula is C18H21N3O3S. The van der Waals surface area contributed by atoms with Gasteiger partial charge in [-0.3, -0.25) is 0 Å². The van der Waals surface area contributed by atoms with Crippen LogP contribution < -0.4 is 10.6 Å². The van der Waals surface area contributed by atoms with E-state index in [0.29, 0.717) is 36.6 Å². The van der Waals surface area contributed by atoms with Crippen LogP contribution >= 0.6 is 0 Å². The monoisotopic (exact) mass is 359 g/mol. The van der Waals surface area contributed by atoms with Gasteiger partial charge < -0.3 is 10.6 Å². The number of fused-ring (bicyclic) bond motifs is 1. The Bertz CT molecular complexity index is 866. The average Bonchev–Trinajstić information content (AvgIpc) is 2.62. The summed E-state index contributed by atoms with van der Waals surface area (Å²) in [6.07, 6.45) is 0.656. The third-order valence-electron chi connectivity index (χ3n) is 4.16. The number of carbonyl (C=O) groups is 1. The minimum Gasteiger partial charge on any atom is -0.338 e. The van der Waals surface area contributed by atoms with Crippen LogP contribution in [0.1, 0.15) is 18.1 Å². The number of carbonyl (C=O) groups excluding carboxylic acids is 1. The molecule has 25 heavy (non-hydrogen) atoms. The first-order valence-electron chi connectivity index (χ1n) is 8.22. The van der Waals surface area contributed by atoms with Gasteiger partial charge in [-0.1, -0.05) is 24.3 Å². The minimum absolute atomic E-state index is 0.271. The van der Waals surface area contributed by atoms with E-state index in [1.54, 1.807) is 30.3 Å². The van der Waals surface area contributed by atoms with E-state index >= 15 is 0 Å². The number of anilines is 1. The molecule has 2 N–H and O–H groups in total. The van der Waals surface area contributed by atoms with Gasteiger partial charge in [0.2, 0.25) is 10.0 Å². The van der Waals surface area contributed by atoms with Gasteiger partial charge in [-0.05, 0) is 48.7 Å². The van der Waals surface area contributed by atoms with E-state index in [-0.39, 0.29) is 6.03 Å². The normalized spacial score (nSPS) is 14.6. The highest BCUT2D eigenvalue weighted by Gasteiger charge is 2.28. The molecule has 0 spiro atoms. The second kappa shape index (κ2) is 7.25. The van der Waals surface area contributed by atoms with E-state index in [1.165, 1.54) is 4.31 Å². The molecule has 2 aromatic rings. The molecule has 0 saturated carbocycles. The first kappa shape index (κ1) is 17.4. The van der Waals surface area contributed by atoms with E-state index in [9.17, 15) is 13.2 Å². The lowest BCUT2D eigenvalue weighted by Gasteiger charge is -2.28. The number of benzene rings is 2. The van der Waals surface area contributed by atoms with Crippen LogP contribution in [0.2, 0.25) is 0 Å². The summed E-state index contributed by atoms with van der Waals surface area (Å²) in [5.41, 5.74) is 2.68. The smallest absolute Gasteiger partial charge is 0.319 e. The van der Waals surface area contributed by atoms with Gasteiger partial charge in [0.05, 0.1) is 4.90 Å². The third kappa shape index (κ3) is 3.83. The van der Waals surface area contributed by atoms with Gasteiger partial charge in [0.15, 0.2) is 0 Å². The zero-order valence-corrected chi connectivity index (χ0v) is 14.8. The number of hydrogen-bond acceptors (Lipinski definition) is 3. The van der Waals surface area contributed by atoms with Gasteiger partial charge in [0.25, 0.3) is 0 Å². The first-order valence-corrected chi connectivity index (χ1v) is 9.66. The van der Waals surface area contributed by atoms with Crippen LogP contribution in [-0.4, -0.2) is 31.8 Å². The standard InChI is InChI=1S/C18H21N3O3S/c1-2-19-18(22)20-16-9-8-14-10-11-21(13-15(14)12-16)25(23,24)17-6-4-3-5-7-17/h3-9,12H,2,10-11,13H2,1H3,(H2,19,20,22). The summed E-state index contributed by atoms with van der Waals surface area (Å²) < 4.78 is 27.1. The second-order valence-corrected chi connectivity index (χ2v) is 7.81. The maximum absolute atomic E-state index is 12.8. The van der Waals surface area contributed by atoms with E-state index in [0.717, 1.165) is 11.1 Å². The Labute approximate surface area is 147 Å². The number of amides is 2. The molecule has 0 atom stereocenters. The molecule has 0 radical (unpaired) electrons. The van der Waals surface area contributed by atoms with Crippen LogP contribution in [0.25, 0.3) is 0 Å². The summed E-state index contributed by atoms with van der Waals surface area (Å²) in [7, 11) is -3.52. The Morgan fingerprint density at radius 1 is 1.12 bits per heavy atom. The van der Waals surface area contributed by atoms with Crippen molar-refractivity contribution in [1.29, 1.82) is 0 Å². The predicted octanol–water partition coefficient (Wildman–Crippen LogP) is 2.58. The van der Waals surface area contributed by atoms with Crippen LogP contribution in [0.3, 0.4) is 0 Å². The van der Waals surface area contributed by atoms with Gasteiger partial charge in [0.1, 0.15) is 0 Å². The highest BCUT2D eigenvalue weighted by molar-refractivity contribution is 7.89. The van der Waals surface area contributed by atoms with E-state index in [4.69, 9.17) is 0 Å². The van der Waals surface area contributed by atoms with Crippen molar-refractivity contribution in [1.82, 2.24) is 9.62 Å². The van der Waals surface area contributed by atoms with Crippen molar-refractivity contribution < 1.29 is 13.2 Å². The summed E-state index contributed by atoms with van der Waals surface area (Å²) in [5, 5.41) is 5.43. The van der Waals surface area contributed by atoms with E-state index in [1.807, 2.05) is 25.1 Å². The predicted molar refractivity (Wildman–Crippen MR) is 96.9 cm³/mol. The molecule has 7 heteroatoms. The van der Waals surface area contributed by atoms with E-state index in [2.05, 4.69) is 10.6 Å². The molecule has 0 aromatic heterocycles. The fourth-order valence-electron chi connectivity index (χ4n) is 2.89. The molecule has 1 aliphatic rings. The van der Waals surface area contributed by atoms with Crippen molar-refractivity contribution in [3.05, 3.63) is 59.7 Å². The molecule has 0 saturated heterocycles. The molecule has 2 amide bonds. The minimum atomic E-state index is -3.52. The van der Waals surface area contributed by atoms with Gasteiger partial charge in [-0.2, -0.15) is 4.31 Å². The van der Waals surface area contributed by atoms with Crippen LogP contribution in [0.15, 0.2) is 53.4 Å². The Hall–Kier alpha value is -2.38. The molecule has 0 unspecified atom stereocenters. The average molecular weight is 359 g/mol. The van der Waals surface area contributed by atoms with Crippen molar-refractivity contribution >= 4 is 21.7 Å². The molecule has 3 rings (SSSR count). The summed E-state index contributed by atoms with van der Waals surface area (Å²) in [5.74, 6) is 0. The Morgan fingerprint density at radius 2 is 1.88 bits per heavy atom. The number of sulfonamides is 1. The summed E-state index contributed by atoms with van der Waals surface area (Å²) >= 11 is 0. The fraction of sp³-hybridized carbons (Fsp3) is 0.278. The number of hydrogen-bond donors (Lipinski definition) is 2. The molecule has 0 bridgehead atoms. The van der Waals surface area contributed by atoms with Crippen molar-refractivity contribution in [2.24, 2.45) is 0 Å². The second-order valence-electron chi connectivity index (χ2n) is 5.87. The van der Waals surface area contributed by atoms with E-state index < -0.39 is 10.0 Å². The molecule has 1 heterocycles. The quantitative estimate of drug-likeness (QED) is 0.881. The Kier molecular flexibility index (Phi) is 5.06. The van der Waals surface area contributed by atoms with Crippen LogP contribution in [0, 0.1) is 0 Å². The van der Waals surface area contributed by atoms with Crippen molar-refractivity contribution in [2.45, 2.75) is 24.8 Å². The zero-order valence-electron chi connectivity index (χ0n) is 14.0. The van der Waals surface area contributed by atoms with Crippen molar-refractivity contribution in [3.63, 3.8) is 0 Å². The number of urea groups is 1. The van der Waals surface area contributed by atoms with Crippen LogP contribution in [0.5, 0.6) is 0 Å². The first-order chi connectivity index (χ1) is 12.0. The number of nitrogens with zero attached hydrogens (tertiary/aromatic N) is 1. The molecule has 0 fully saturated rings. The SMILES string of the molecule is CCNC(=O)Nc1ccc2c(c1)CN(S(=O)(=O)c1ccccc1)CC2. The fourth-order valence-corrected chi connectivity index (χ4v) is 4.33. The molecule has 1 aliphatic heterocycles. The van der Waals surface area contributed by atoms with Gasteiger partial charge >= 0.3 is 6.03 Å². The van der Waals surface area contributed by atoms with Gasteiger partial charge in [0, 0.05) is 25.3 Å². The highest BCUT2D eigenvalue weighted by Crippen LogP contribution is 2.27. The van der Waals surface area contributed by atoms with Crippen molar-refractivity contribution in [3.8, 4) is 0 Å². The number of rotatable bonds is 4.